The zero-order valence-electron chi connectivity index (χ0n) is 10.5. The van der Waals surface area contributed by atoms with Crippen molar-refractivity contribution in [2.75, 3.05) is 11.9 Å². The van der Waals surface area contributed by atoms with Gasteiger partial charge in [-0.05, 0) is 43.7 Å². The molecule has 1 fully saturated rings. The maximum Gasteiger partial charge on any atom is 0.243 e. The summed E-state index contributed by atoms with van der Waals surface area (Å²) >= 11 is 0. The van der Waals surface area contributed by atoms with E-state index in [1.165, 1.54) is 0 Å². The molecule has 1 aliphatic rings. The van der Waals surface area contributed by atoms with E-state index in [4.69, 9.17) is 0 Å². The highest BCUT2D eigenvalue weighted by Gasteiger charge is 2.22. The van der Waals surface area contributed by atoms with Gasteiger partial charge in [0.05, 0.1) is 6.10 Å². The predicted octanol–water partition coefficient (Wildman–Crippen LogP) is 1.61. The first-order valence-electron chi connectivity index (χ1n) is 6.45. The van der Waals surface area contributed by atoms with Crippen molar-refractivity contribution in [1.82, 2.24) is 14.6 Å². The van der Waals surface area contributed by atoms with Gasteiger partial charge in [0.2, 0.25) is 5.95 Å². The van der Waals surface area contributed by atoms with Crippen LogP contribution < -0.4 is 5.32 Å². The lowest BCUT2D eigenvalue weighted by Gasteiger charge is -2.08. The molecular formula is C13H18N4O. The van der Waals surface area contributed by atoms with Crippen molar-refractivity contribution in [1.29, 1.82) is 0 Å². The summed E-state index contributed by atoms with van der Waals surface area (Å²) in [6.45, 7) is 2.88. The smallest absolute Gasteiger partial charge is 0.243 e. The van der Waals surface area contributed by atoms with Gasteiger partial charge in [-0.25, -0.2) is 4.52 Å². The van der Waals surface area contributed by atoms with E-state index in [1.54, 1.807) is 4.52 Å². The summed E-state index contributed by atoms with van der Waals surface area (Å²) < 4.78 is 1.79. The third-order valence-electron chi connectivity index (χ3n) is 3.54. The van der Waals surface area contributed by atoms with Crippen molar-refractivity contribution in [2.45, 2.75) is 32.3 Å². The summed E-state index contributed by atoms with van der Waals surface area (Å²) in [6, 6.07) is 3.99. The number of aliphatic hydroxyl groups is 1. The summed E-state index contributed by atoms with van der Waals surface area (Å²) in [7, 11) is 0. The third-order valence-corrected chi connectivity index (χ3v) is 3.54. The molecule has 5 nitrogen and oxygen atoms in total. The van der Waals surface area contributed by atoms with Gasteiger partial charge in [0, 0.05) is 12.7 Å². The zero-order valence-corrected chi connectivity index (χ0v) is 10.5. The molecule has 18 heavy (non-hydrogen) atoms. The second-order valence-corrected chi connectivity index (χ2v) is 5.16. The highest BCUT2D eigenvalue weighted by atomic mass is 16.3. The van der Waals surface area contributed by atoms with E-state index >= 15 is 0 Å². The fraction of sp³-hybridized carbons (Fsp3) is 0.538. The Morgan fingerprint density at radius 1 is 1.44 bits per heavy atom. The van der Waals surface area contributed by atoms with E-state index < -0.39 is 0 Å². The summed E-state index contributed by atoms with van der Waals surface area (Å²) in [5.74, 6) is 1.20. The summed E-state index contributed by atoms with van der Waals surface area (Å²) in [5, 5.41) is 17.1. The number of nitrogens with one attached hydrogen (secondary N) is 1. The lowest BCUT2D eigenvalue weighted by atomic mass is 10.1. The van der Waals surface area contributed by atoms with E-state index in [1.807, 2.05) is 25.3 Å². The summed E-state index contributed by atoms with van der Waals surface area (Å²) in [5.41, 5.74) is 2.02. The maximum absolute atomic E-state index is 9.48. The molecule has 0 aliphatic heterocycles. The highest BCUT2D eigenvalue weighted by molar-refractivity contribution is 5.44. The summed E-state index contributed by atoms with van der Waals surface area (Å²) in [4.78, 5) is 4.41. The van der Waals surface area contributed by atoms with Gasteiger partial charge in [-0.15, -0.1) is 5.10 Å². The molecule has 3 rings (SSSR count). The minimum absolute atomic E-state index is 0.117. The number of fused-ring (bicyclic) bond motifs is 1. The molecule has 0 amide bonds. The fourth-order valence-corrected chi connectivity index (χ4v) is 2.53. The molecule has 2 unspecified atom stereocenters. The van der Waals surface area contributed by atoms with Crippen LogP contribution in [0.2, 0.25) is 0 Å². The Balaban J connectivity index is 1.67. The normalized spacial score (nSPS) is 23.7. The number of hydrogen-bond acceptors (Lipinski definition) is 4. The van der Waals surface area contributed by atoms with Crippen molar-refractivity contribution in [3.05, 3.63) is 23.9 Å². The molecule has 2 aromatic heterocycles. The highest BCUT2D eigenvalue weighted by Crippen LogP contribution is 2.25. The lowest BCUT2D eigenvalue weighted by Crippen LogP contribution is -2.13. The number of aliphatic hydroxyl groups excluding tert-OH is 1. The van der Waals surface area contributed by atoms with E-state index in [9.17, 15) is 5.11 Å². The first kappa shape index (κ1) is 11.5. The van der Waals surface area contributed by atoms with Gasteiger partial charge in [0.1, 0.15) is 0 Å². The Hall–Kier alpha value is -1.62. The van der Waals surface area contributed by atoms with Gasteiger partial charge < -0.3 is 10.4 Å². The molecule has 0 aromatic carbocycles. The molecular weight excluding hydrogens is 228 g/mol. The quantitative estimate of drug-likeness (QED) is 0.863. The maximum atomic E-state index is 9.48. The van der Waals surface area contributed by atoms with Crippen LogP contribution in [0.5, 0.6) is 0 Å². The number of hydrogen-bond donors (Lipinski definition) is 2. The molecule has 96 valence electrons. The SMILES string of the molecule is Cc1ccc2nc(NCC3CCC(O)C3)nn2c1. The van der Waals surface area contributed by atoms with Crippen LogP contribution in [0.15, 0.2) is 18.3 Å². The minimum Gasteiger partial charge on any atom is -0.393 e. The number of rotatable bonds is 3. The van der Waals surface area contributed by atoms with Gasteiger partial charge in [-0.3, -0.25) is 0 Å². The van der Waals surface area contributed by atoms with E-state index in [0.717, 1.165) is 37.0 Å². The topological polar surface area (TPSA) is 62.5 Å². The van der Waals surface area contributed by atoms with Gasteiger partial charge >= 0.3 is 0 Å². The molecule has 2 heterocycles. The molecule has 2 aromatic rings. The van der Waals surface area contributed by atoms with Crippen LogP contribution in [-0.4, -0.2) is 32.4 Å². The first-order chi connectivity index (χ1) is 8.70. The molecule has 0 radical (unpaired) electrons. The van der Waals surface area contributed by atoms with Crippen molar-refractivity contribution >= 4 is 11.6 Å². The first-order valence-corrected chi connectivity index (χ1v) is 6.45. The standard InChI is InChI=1S/C13H18N4O/c1-9-2-5-12-15-13(16-17(12)8-9)14-7-10-3-4-11(18)6-10/h2,5,8,10-11,18H,3-4,6-7H2,1H3,(H,14,16). The summed E-state index contributed by atoms with van der Waals surface area (Å²) in [6.07, 6.45) is 4.74. The Morgan fingerprint density at radius 3 is 3.11 bits per heavy atom. The van der Waals surface area contributed by atoms with Crippen LogP contribution in [0.3, 0.4) is 0 Å². The molecule has 5 heteroatoms. The van der Waals surface area contributed by atoms with Gasteiger partial charge in [0.25, 0.3) is 0 Å². The van der Waals surface area contributed by atoms with Crippen molar-refractivity contribution in [2.24, 2.45) is 5.92 Å². The second-order valence-electron chi connectivity index (χ2n) is 5.16. The predicted molar refractivity (Wildman–Crippen MR) is 69.6 cm³/mol. The Kier molecular flexibility index (Phi) is 2.91. The second kappa shape index (κ2) is 4.57. The number of pyridine rings is 1. The molecule has 0 spiro atoms. The van der Waals surface area contributed by atoms with Crippen molar-refractivity contribution in [3.8, 4) is 0 Å². The Morgan fingerprint density at radius 2 is 2.33 bits per heavy atom. The van der Waals surface area contributed by atoms with E-state index in [0.29, 0.717) is 11.9 Å². The number of nitrogens with zero attached hydrogens (tertiary/aromatic N) is 3. The van der Waals surface area contributed by atoms with Crippen molar-refractivity contribution < 1.29 is 5.11 Å². The van der Waals surface area contributed by atoms with Gasteiger partial charge in [-0.1, -0.05) is 6.07 Å². The number of aromatic nitrogens is 3. The van der Waals surface area contributed by atoms with Crippen LogP contribution >= 0.6 is 0 Å². The van der Waals surface area contributed by atoms with Crippen LogP contribution in [0.1, 0.15) is 24.8 Å². The van der Waals surface area contributed by atoms with Crippen LogP contribution in [0, 0.1) is 12.8 Å². The Labute approximate surface area is 106 Å². The fourth-order valence-electron chi connectivity index (χ4n) is 2.53. The number of anilines is 1. The van der Waals surface area contributed by atoms with E-state index in [2.05, 4.69) is 15.4 Å². The van der Waals surface area contributed by atoms with Gasteiger partial charge in [0.15, 0.2) is 5.65 Å². The lowest BCUT2D eigenvalue weighted by molar-refractivity contribution is 0.178. The van der Waals surface area contributed by atoms with Crippen LogP contribution in [-0.2, 0) is 0 Å². The monoisotopic (exact) mass is 246 g/mol. The zero-order chi connectivity index (χ0) is 12.5. The number of aryl methyl sites for hydroxylation is 1. The minimum atomic E-state index is -0.117. The molecule has 1 saturated carbocycles. The Bertz CT molecular complexity index is 551. The molecule has 0 bridgehead atoms. The van der Waals surface area contributed by atoms with Crippen LogP contribution in [0.25, 0.3) is 5.65 Å². The molecule has 2 atom stereocenters. The largest absolute Gasteiger partial charge is 0.393 e. The molecule has 0 saturated heterocycles. The van der Waals surface area contributed by atoms with Crippen LogP contribution in [0.4, 0.5) is 5.95 Å². The molecule has 1 aliphatic carbocycles. The van der Waals surface area contributed by atoms with Crippen molar-refractivity contribution in [3.63, 3.8) is 0 Å². The average molecular weight is 246 g/mol. The van der Waals surface area contributed by atoms with E-state index in [-0.39, 0.29) is 6.10 Å². The average Bonchev–Trinajstić information content (AvgIpc) is 2.92. The molecule has 2 N–H and O–H groups in total. The third kappa shape index (κ3) is 2.31. The van der Waals surface area contributed by atoms with Gasteiger partial charge in [-0.2, -0.15) is 4.98 Å².